The number of aromatic hydroxyl groups is 1. The Morgan fingerprint density at radius 3 is 1.08 bits per heavy atom. The number of rotatable bonds is 12. The van der Waals surface area contributed by atoms with E-state index in [0.29, 0.717) is 48.7 Å². The van der Waals surface area contributed by atoms with Gasteiger partial charge in [-0.15, -0.1) is 0 Å². The summed E-state index contributed by atoms with van der Waals surface area (Å²) in [5.74, 6) is -3.34. The zero-order valence-corrected chi connectivity index (χ0v) is 81.6. The van der Waals surface area contributed by atoms with Crippen molar-refractivity contribution in [3.8, 4) is 5.75 Å². The quantitative estimate of drug-likeness (QED) is 0.0536. The van der Waals surface area contributed by atoms with Gasteiger partial charge >= 0.3 is 12.1 Å². The number of halogens is 3. The molecule has 0 saturated heterocycles. The summed E-state index contributed by atoms with van der Waals surface area (Å²) in [5.41, 5.74) is 0.682. The second-order valence-electron chi connectivity index (χ2n) is 20.5. The topological polar surface area (TPSA) is 386 Å². The SMILES string of the molecule is CC(=O)C(C)=C(C)O.CC(=O)C=C(C)O.CC(=O)C=C(C)O.CC(C)(C)C(=O)C=C(O)C(C)(C)C.CC(O)=CC(=O)C(F)(F)F.CCC(=O)C=C(O)CC.CCC(O)=CC(C)=O.O=C(O)c1ccccn1.O=C1CCCCC1=CO.O=Cc1ccccc1O.[Ir].[Ir].[Ir].[Ir].[Ir].[Ir].[Ir].[Ir].[Ir].[Ir]. The zero-order chi connectivity index (χ0) is 71.6. The van der Waals surface area contributed by atoms with Gasteiger partial charge in [-0.1, -0.05) is 80.5 Å². The summed E-state index contributed by atoms with van der Waals surface area (Å²) in [5, 5.41) is 86.3. The van der Waals surface area contributed by atoms with Crippen LogP contribution in [-0.2, 0) is 239 Å². The molecule has 1 heterocycles. The number of hydrogen-bond donors (Lipinski definition) is 10. The first-order valence-corrected chi connectivity index (χ1v) is 27.2. The van der Waals surface area contributed by atoms with E-state index in [2.05, 4.69) is 4.98 Å². The van der Waals surface area contributed by atoms with Crippen molar-refractivity contribution in [1.82, 2.24) is 4.98 Å². The third-order valence-electron chi connectivity index (χ3n) is 9.62. The summed E-state index contributed by atoms with van der Waals surface area (Å²) in [6, 6.07) is 11.2. The van der Waals surface area contributed by atoms with Gasteiger partial charge < -0.3 is 51.1 Å². The van der Waals surface area contributed by atoms with Crippen LogP contribution in [0.25, 0.3) is 0 Å². The van der Waals surface area contributed by atoms with E-state index in [1.807, 2.05) is 41.5 Å². The first kappa shape index (κ1) is 139. The summed E-state index contributed by atoms with van der Waals surface area (Å²) in [6.45, 7) is 29.1. The van der Waals surface area contributed by atoms with Crippen LogP contribution in [0.4, 0.5) is 13.2 Å². The molecule has 1 aromatic heterocycles. The first-order chi connectivity index (χ1) is 40.5. The average Bonchev–Trinajstić information content (AvgIpc) is 3.05. The van der Waals surface area contributed by atoms with Crippen LogP contribution in [0.1, 0.15) is 190 Å². The smallest absolute Gasteiger partial charge is 0.454 e. The number of carbonyl (C=O) groups is 10. The molecular weight excluding hydrogens is 3090 g/mol. The predicted molar refractivity (Wildman–Crippen MR) is 335 cm³/mol. The number of aldehydes is 1. The van der Waals surface area contributed by atoms with Crippen molar-refractivity contribution in [3.05, 3.63) is 154 Å². The predicted octanol–water partition coefficient (Wildman–Crippen LogP) is 14.9. The average molecular weight is 3190 g/mol. The van der Waals surface area contributed by atoms with Crippen molar-refractivity contribution in [2.75, 3.05) is 0 Å². The van der Waals surface area contributed by atoms with E-state index in [-0.39, 0.29) is 299 Å². The zero-order valence-electron chi connectivity index (χ0n) is 57.7. The Morgan fingerprint density at radius 1 is 0.505 bits per heavy atom. The standard InChI is InChI=1S/C11H20O2.C7H10O2.C7H6O2.C7H12O2.C6H5NO2.2C6H10O2.C5H5F3O2.2C5H8O2.10Ir/c1-10(2,3)8(12)7-9(13)11(4,5)6;2*8-5-6-3-1-2-4-7(6)9;1-3-6(8)5-7(9)4-2;8-6(9)5-3-1-2-4-7-5;1-4(5(2)7)6(3)8;1-3-6(8)4-5(2)7;1-3(9)2-4(10)5(6,7)8;2*1-4(6)3-5(2)7;;;;;;;;;;/h7,12H,1-6H3;5,8H,1-4H2;1-5,9H;5,8H,3-4H2,1-2H3;1-4H,(H,8,9);7H,1-3H3;4,8H,3H2,1-2H3;2,9H,1H3;2*3,6H,1-2H3;;;;;;;;;;. The minimum absolute atomic E-state index is 0. The molecule has 3 rings (SSSR count). The fraction of sp³-hybridized carbons (Fsp3) is 0.431. The number of Topliss-reactive ketones (excluding diaryl/α,β-unsaturated/α-hetero) is 2. The number of aromatic nitrogens is 1. The molecule has 34 heteroatoms. The number of aromatic carboxylic acids is 1. The molecule has 590 valence electrons. The van der Waals surface area contributed by atoms with Gasteiger partial charge in [0, 0.05) is 291 Å². The normalized spacial score (nSPS) is 11.8. The van der Waals surface area contributed by atoms with Gasteiger partial charge in [0.15, 0.2) is 46.8 Å². The molecule has 0 amide bonds. The number of aliphatic hydroxyl groups excluding tert-OH is 8. The Hall–Kier alpha value is -2.73. The number of allylic oxidation sites excluding steroid dienone is 15. The van der Waals surface area contributed by atoms with Gasteiger partial charge in [-0.25, -0.2) is 9.78 Å². The summed E-state index contributed by atoms with van der Waals surface area (Å²) in [6.07, 6.45) is 9.34. The largest absolute Gasteiger partial charge is 0.515 e. The van der Waals surface area contributed by atoms with Crippen LogP contribution in [0.2, 0.25) is 0 Å². The van der Waals surface area contributed by atoms with Gasteiger partial charge in [-0.3, -0.25) is 43.2 Å². The fourth-order valence-corrected chi connectivity index (χ4v) is 4.51. The maximum atomic E-state index is 11.5. The van der Waals surface area contributed by atoms with Crippen molar-refractivity contribution >= 4 is 58.5 Å². The van der Waals surface area contributed by atoms with Crippen LogP contribution in [0.15, 0.2) is 143 Å². The number of phenolic OH excluding ortho intramolecular Hbond substituents is 1. The van der Waals surface area contributed by atoms with E-state index in [1.165, 1.54) is 97.2 Å². The van der Waals surface area contributed by atoms with E-state index in [0.717, 1.165) is 32.4 Å². The number of phenols is 1. The number of nitrogens with zero attached hydrogens (tertiary/aromatic N) is 1. The number of para-hydroxylation sites is 1. The fourth-order valence-electron chi connectivity index (χ4n) is 4.51. The molecule has 1 aliphatic carbocycles. The van der Waals surface area contributed by atoms with Gasteiger partial charge in [0.25, 0.3) is 5.78 Å². The summed E-state index contributed by atoms with van der Waals surface area (Å²) < 4.78 is 33.9. The molecular formula is C65H94F3Ir10NO20. The van der Waals surface area contributed by atoms with Gasteiger partial charge in [0.05, 0.1) is 46.4 Å². The summed E-state index contributed by atoms with van der Waals surface area (Å²) in [7, 11) is 0. The Morgan fingerprint density at radius 2 is 0.889 bits per heavy atom. The number of hydrogen-bond acceptors (Lipinski definition) is 20. The molecule has 1 aromatic carbocycles. The number of alkyl halides is 3. The molecule has 1 saturated carbocycles. The van der Waals surface area contributed by atoms with E-state index in [9.17, 15) is 66.2 Å². The van der Waals surface area contributed by atoms with Crippen LogP contribution in [0.5, 0.6) is 5.75 Å². The molecule has 1 aliphatic rings. The van der Waals surface area contributed by atoms with Gasteiger partial charge in [-0.05, 0) is 106 Å². The molecule has 99 heavy (non-hydrogen) atoms. The number of aliphatic hydroxyl groups is 8. The molecule has 0 atom stereocenters. The van der Waals surface area contributed by atoms with Crippen molar-refractivity contribution < 1.29 is 313 Å². The van der Waals surface area contributed by atoms with E-state index in [1.54, 1.807) is 58.0 Å². The second kappa shape index (κ2) is 81.0. The van der Waals surface area contributed by atoms with Crippen LogP contribution in [-0.4, -0.2) is 121 Å². The maximum Gasteiger partial charge on any atom is 0.454 e. The van der Waals surface area contributed by atoms with Crippen molar-refractivity contribution in [2.24, 2.45) is 10.8 Å². The van der Waals surface area contributed by atoms with Crippen LogP contribution in [0, 0.1) is 10.8 Å². The molecule has 10 N–H and O–H groups in total. The van der Waals surface area contributed by atoms with E-state index < -0.39 is 29.1 Å². The molecule has 2 aromatic rings. The number of benzene rings is 1. The Balaban J connectivity index is -0.0000000500. The maximum absolute atomic E-state index is 11.5. The Labute approximate surface area is 715 Å². The molecule has 10 radical (unpaired) electrons. The third kappa shape index (κ3) is 99.5. The minimum Gasteiger partial charge on any atom is -0.515 e. The number of carbonyl (C=O) groups excluding carboxylic acids is 9. The van der Waals surface area contributed by atoms with Crippen molar-refractivity contribution in [2.45, 2.75) is 176 Å². The summed E-state index contributed by atoms with van der Waals surface area (Å²) in [4.78, 5) is 107. The Kier molecular flexibility index (Phi) is 114. The molecule has 0 spiro atoms. The minimum atomic E-state index is -4.88. The third-order valence-corrected chi connectivity index (χ3v) is 9.62. The summed E-state index contributed by atoms with van der Waals surface area (Å²) >= 11 is 0. The van der Waals surface area contributed by atoms with Crippen LogP contribution >= 0.6 is 0 Å². The monoisotopic (exact) mass is 3200 g/mol. The van der Waals surface area contributed by atoms with E-state index in [4.69, 9.17) is 46.0 Å². The van der Waals surface area contributed by atoms with Gasteiger partial charge in [0.2, 0.25) is 0 Å². The first-order valence-electron chi connectivity index (χ1n) is 27.2. The number of pyridine rings is 1. The number of ketones is 8. The second-order valence-corrected chi connectivity index (χ2v) is 20.5. The molecule has 0 bridgehead atoms. The number of carboxylic acids is 1. The van der Waals surface area contributed by atoms with Gasteiger partial charge in [-0.2, -0.15) is 13.2 Å². The Bertz CT molecular complexity index is 2800. The molecule has 1 fully saturated rings. The van der Waals surface area contributed by atoms with Crippen LogP contribution in [0.3, 0.4) is 0 Å². The molecule has 21 nitrogen and oxygen atoms in total. The number of carboxylic acid groups (broad SMARTS) is 1. The molecule has 0 aliphatic heterocycles. The van der Waals surface area contributed by atoms with Crippen molar-refractivity contribution in [1.29, 1.82) is 0 Å². The van der Waals surface area contributed by atoms with Gasteiger partial charge in [0.1, 0.15) is 17.2 Å². The molecule has 0 unspecified atom stereocenters. The van der Waals surface area contributed by atoms with E-state index >= 15 is 0 Å². The van der Waals surface area contributed by atoms with Crippen LogP contribution < -0.4 is 0 Å². The van der Waals surface area contributed by atoms with Crippen molar-refractivity contribution in [3.63, 3.8) is 0 Å².